The van der Waals surface area contributed by atoms with Crippen molar-refractivity contribution < 1.29 is 0 Å². The Bertz CT molecular complexity index is 150. The van der Waals surface area contributed by atoms with E-state index in [1.165, 1.54) is 12.0 Å². The summed E-state index contributed by atoms with van der Waals surface area (Å²) in [7, 11) is 0. The van der Waals surface area contributed by atoms with Crippen LogP contribution in [0.25, 0.3) is 0 Å². The van der Waals surface area contributed by atoms with E-state index in [0.29, 0.717) is 0 Å². The summed E-state index contributed by atoms with van der Waals surface area (Å²) in [4.78, 5) is 0. The largest absolute Gasteiger partial charge is 0.402 e. The average Bonchev–Trinajstić information content (AvgIpc) is 1.97. The van der Waals surface area contributed by atoms with Crippen molar-refractivity contribution in [3.8, 4) is 0 Å². The van der Waals surface area contributed by atoms with E-state index >= 15 is 0 Å². The van der Waals surface area contributed by atoms with E-state index < -0.39 is 0 Å². The standard InChI is InChI=1S/C10H19N/c1-4-6-7-8-10(5-2)9(3)11/h7-8H,4-6,11H2,1-3H3/b8-7-,10-9-. The second-order valence-electron chi connectivity index (χ2n) is 2.75. The van der Waals surface area contributed by atoms with Gasteiger partial charge in [0.15, 0.2) is 0 Å². The minimum atomic E-state index is 0.944. The Balaban J connectivity index is 3.99. The zero-order chi connectivity index (χ0) is 8.69. The first kappa shape index (κ1) is 10.3. The van der Waals surface area contributed by atoms with Crippen molar-refractivity contribution in [1.82, 2.24) is 0 Å². The topological polar surface area (TPSA) is 26.0 Å². The van der Waals surface area contributed by atoms with Gasteiger partial charge in [0.1, 0.15) is 0 Å². The summed E-state index contributed by atoms with van der Waals surface area (Å²) in [5.41, 5.74) is 7.86. The maximum atomic E-state index is 5.66. The second-order valence-corrected chi connectivity index (χ2v) is 2.75. The Kier molecular flexibility index (Phi) is 5.63. The minimum absolute atomic E-state index is 0.944. The fourth-order valence-electron chi connectivity index (χ4n) is 0.920. The fraction of sp³-hybridized carbons (Fsp3) is 0.600. The Morgan fingerprint density at radius 2 is 2.00 bits per heavy atom. The third-order valence-electron chi connectivity index (χ3n) is 1.66. The first-order valence-corrected chi connectivity index (χ1v) is 4.34. The lowest BCUT2D eigenvalue weighted by Gasteiger charge is -1.99. The van der Waals surface area contributed by atoms with Crippen molar-refractivity contribution in [2.45, 2.75) is 40.0 Å². The van der Waals surface area contributed by atoms with Gasteiger partial charge in [0, 0.05) is 5.70 Å². The van der Waals surface area contributed by atoms with Gasteiger partial charge in [0.25, 0.3) is 0 Å². The van der Waals surface area contributed by atoms with E-state index in [0.717, 1.165) is 18.5 Å². The van der Waals surface area contributed by atoms with Gasteiger partial charge in [0.05, 0.1) is 0 Å². The molecule has 0 unspecified atom stereocenters. The van der Waals surface area contributed by atoms with Crippen LogP contribution in [0, 0.1) is 0 Å². The van der Waals surface area contributed by atoms with Crippen molar-refractivity contribution in [2.24, 2.45) is 5.73 Å². The molecule has 11 heavy (non-hydrogen) atoms. The summed E-state index contributed by atoms with van der Waals surface area (Å²) in [5, 5.41) is 0. The molecule has 0 rings (SSSR count). The van der Waals surface area contributed by atoms with Crippen molar-refractivity contribution in [1.29, 1.82) is 0 Å². The zero-order valence-corrected chi connectivity index (χ0v) is 7.85. The molecule has 0 spiro atoms. The third-order valence-corrected chi connectivity index (χ3v) is 1.66. The molecular weight excluding hydrogens is 134 g/mol. The van der Waals surface area contributed by atoms with Crippen LogP contribution in [0.2, 0.25) is 0 Å². The Hall–Kier alpha value is -0.720. The van der Waals surface area contributed by atoms with E-state index in [-0.39, 0.29) is 0 Å². The van der Waals surface area contributed by atoms with Gasteiger partial charge in [0.2, 0.25) is 0 Å². The molecule has 0 amide bonds. The zero-order valence-electron chi connectivity index (χ0n) is 7.85. The summed E-state index contributed by atoms with van der Waals surface area (Å²) in [6.07, 6.45) is 7.71. The predicted molar refractivity (Wildman–Crippen MR) is 51.2 cm³/mol. The summed E-state index contributed by atoms with van der Waals surface area (Å²) in [5.74, 6) is 0. The van der Waals surface area contributed by atoms with Crippen molar-refractivity contribution >= 4 is 0 Å². The van der Waals surface area contributed by atoms with E-state index in [1.54, 1.807) is 0 Å². The second kappa shape index (κ2) is 6.02. The quantitative estimate of drug-likeness (QED) is 0.617. The lowest BCUT2D eigenvalue weighted by atomic mass is 10.1. The van der Waals surface area contributed by atoms with Crippen molar-refractivity contribution in [3.05, 3.63) is 23.4 Å². The van der Waals surface area contributed by atoms with Crippen LogP contribution >= 0.6 is 0 Å². The van der Waals surface area contributed by atoms with Gasteiger partial charge in [-0.15, -0.1) is 0 Å². The number of unbranched alkanes of at least 4 members (excludes halogenated alkanes) is 1. The molecule has 0 aliphatic carbocycles. The molecular formula is C10H19N. The SMILES string of the molecule is CCC/C=C\C(CC)=C(\C)N. The van der Waals surface area contributed by atoms with Crippen LogP contribution in [0.3, 0.4) is 0 Å². The maximum absolute atomic E-state index is 5.66. The first-order chi connectivity index (χ1) is 5.22. The highest BCUT2D eigenvalue weighted by Gasteiger charge is 1.89. The molecule has 2 N–H and O–H groups in total. The van der Waals surface area contributed by atoms with Gasteiger partial charge >= 0.3 is 0 Å². The van der Waals surface area contributed by atoms with Crippen LogP contribution < -0.4 is 5.73 Å². The van der Waals surface area contributed by atoms with E-state index in [9.17, 15) is 0 Å². The van der Waals surface area contributed by atoms with Crippen molar-refractivity contribution in [3.63, 3.8) is 0 Å². The van der Waals surface area contributed by atoms with Crippen LogP contribution in [0.5, 0.6) is 0 Å². The van der Waals surface area contributed by atoms with Crippen molar-refractivity contribution in [2.75, 3.05) is 0 Å². The van der Waals surface area contributed by atoms with E-state index in [1.807, 2.05) is 6.92 Å². The van der Waals surface area contributed by atoms with E-state index in [4.69, 9.17) is 5.73 Å². The molecule has 64 valence electrons. The minimum Gasteiger partial charge on any atom is -0.402 e. The molecule has 0 aromatic heterocycles. The molecule has 0 aliphatic rings. The molecule has 0 atom stereocenters. The van der Waals surface area contributed by atoms with Crippen LogP contribution in [-0.4, -0.2) is 0 Å². The Labute approximate surface area is 70.0 Å². The highest BCUT2D eigenvalue weighted by atomic mass is 14.6. The van der Waals surface area contributed by atoms with Crippen LogP contribution in [0.1, 0.15) is 40.0 Å². The molecule has 0 fully saturated rings. The molecule has 0 bridgehead atoms. The number of rotatable bonds is 4. The van der Waals surface area contributed by atoms with Gasteiger partial charge < -0.3 is 5.73 Å². The van der Waals surface area contributed by atoms with Gasteiger partial charge in [-0.1, -0.05) is 32.4 Å². The van der Waals surface area contributed by atoms with Crippen LogP contribution in [0.15, 0.2) is 23.4 Å². The summed E-state index contributed by atoms with van der Waals surface area (Å²) < 4.78 is 0. The smallest absolute Gasteiger partial charge is 0.00811 e. The van der Waals surface area contributed by atoms with Crippen LogP contribution in [-0.2, 0) is 0 Å². The van der Waals surface area contributed by atoms with Gasteiger partial charge in [-0.25, -0.2) is 0 Å². The first-order valence-electron chi connectivity index (χ1n) is 4.34. The van der Waals surface area contributed by atoms with Gasteiger partial charge in [-0.2, -0.15) is 0 Å². The van der Waals surface area contributed by atoms with Gasteiger partial charge in [-0.3, -0.25) is 0 Å². The molecule has 0 radical (unpaired) electrons. The molecule has 1 nitrogen and oxygen atoms in total. The monoisotopic (exact) mass is 153 g/mol. The summed E-state index contributed by atoms with van der Waals surface area (Å²) in [6, 6.07) is 0. The van der Waals surface area contributed by atoms with Gasteiger partial charge in [-0.05, 0) is 25.3 Å². The van der Waals surface area contributed by atoms with Crippen LogP contribution in [0.4, 0.5) is 0 Å². The lowest BCUT2D eigenvalue weighted by molar-refractivity contribution is 0.953. The Morgan fingerprint density at radius 3 is 2.36 bits per heavy atom. The number of hydrogen-bond acceptors (Lipinski definition) is 1. The Morgan fingerprint density at radius 1 is 1.36 bits per heavy atom. The third kappa shape index (κ3) is 4.65. The number of allylic oxidation sites excluding steroid dienone is 4. The highest BCUT2D eigenvalue weighted by Crippen LogP contribution is 2.06. The molecule has 0 aromatic carbocycles. The molecule has 0 saturated carbocycles. The highest BCUT2D eigenvalue weighted by molar-refractivity contribution is 5.22. The summed E-state index contributed by atoms with van der Waals surface area (Å²) in [6.45, 7) is 6.26. The molecule has 0 aromatic rings. The summed E-state index contributed by atoms with van der Waals surface area (Å²) >= 11 is 0. The normalized spacial score (nSPS) is 13.7. The average molecular weight is 153 g/mol. The fourth-order valence-corrected chi connectivity index (χ4v) is 0.920. The number of hydrogen-bond donors (Lipinski definition) is 1. The molecule has 1 heteroatoms. The predicted octanol–water partition coefficient (Wildman–Crippen LogP) is 2.99. The van der Waals surface area contributed by atoms with E-state index in [2.05, 4.69) is 26.0 Å². The number of nitrogens with two attached hydrogens (primary N) is 1. The molecule has 0 saturated heterocycles. The lowest BCUT2D eigenvalue weighted by Crippen LogP contribution is -1.95. The molecule has 0 heterocycles. The maximum Gasteiger partial charge on any atom is 0.00811 e. The molecule has 0 aliphatic heterocycles.